The van der Waals surface area contributed by atoms with Crippen molar-refractivity contribution in [3.8, 4) is 22.3 Å². The first-order valence-corrected chi connectivity index (χ1v) is 13.3. The molecule has 0 saturated carbocycles. The molecular weight excluding hydrogens is 466 g/mol. The predicted molar refractivity (Wildman–Crippen MR) is 158 cm³/mol. The molecule has 0 spiro atoms. The van der Waals surface area contributed by atoms with Crippen LogP contribution >= 0.6 is 11.8 Å². The molecule has 0 radical (unpaired) electrons. The number of hydrogen-bond acceptors (Lipinski definition) is 2. The zero-order valence-electron chi connectivity index (χ0n) is 20.1. The largest absolute Gasteiger partial charge is 0.264 e. The summed E-state index contributed by atoms with van der Waals surface area (Å²) in [5, 5.41) is 7.42. The summed E-state index contributed by atoms with van der Waals surface area (Å²) in [5.74, 6) is 0. The van der Waals surface area contributed by atoms with Gasteiger partial charge in [0.2, 0.25) is 0 Å². The van der Waals surface area contributed by atoms with Crippen LogP contribution in [0.4, 0.5) is 0 Å². The molecule has 1 heterocycles. The lowest BCUT2D eigenvalue weighted by molar-refractivity contribution is 1.36. The first-order chi connectivity index (χ1) is 18.4. The highest BCUT2D eigenvalue weighted by Crippen LogP contribution is 2.47. The molecule has 37 heavy (non-hydrogen) atoms. The van der Waals surface area contributed by atoms with E-state index in [0.717, 1.165) is 0 Å². The van der Waals surface area contributed by atoms with E-state index in [1.165, 1.54) is 64.4 Å². The van der Waals surface area contributed by atoms with Gasteiger partial charge >= 0.3 is 0 Å². The third-order valence-electron chi connectivity index (χ3n) is 7.02. The van der Waals surface area contributed by atoms with Crippen molar-refractivity contribution in [2.45, 2.75) is 9.79 Å². The highest BCUT2D eigenvalue weighted by atomic mass is 32.2. The summed E-state index contributed by atoms with van der Waals surface area (Å²) in [4.78, 5) is 7.10. The highest BCUT2D eigenvalue weighted by molar-refractivity contribution is 8.00. The Kier molecular flexibility index (Phi) is 5.45. The van der Waals surface area contributed by atoms with Gasteiger partial charge in [0.15, 0.2) is 0 Å². The summed E-state index contributed by atoms with van der Waals surface area (Å²) >= 11 is 1.85. The van der Waals surface area contributed by atoms with Crippen molar-refractivity contribution in [1.29, 1.82) is 0 Å². The second-order valence-corrected chi connectivity index (χ2v) is 10.2. The fourth-order valence-electron chi connectivity index (χ4n) is 5.35. The smallest absolute Gasteiger partial charge is 0.0353 e. The van der Waals surface area contributed by atoms with Gasteiger partial charge in [-0.05, 0) is 61.3 Å². The number of hydrogen-bond donors (Lipinski definition) is 0. The van der Waals surface area contributed by atoms with Crippen LogP contribution in [0.2, 0.25) is 0 Å². The van der Waals surface area contributed by atoms with E-state index in [9.17, 15) is 0 Å². The zero-order valence-corrected chi connectivity index (χ0v) is 21.0. The first-order valence-electron chi connectivity index (χ1n) is 12.5. The second kappa shape index (κ2) is 9.24. The van der Waals surface area contributed by atoms with Crippen LogP contribution < -0.4 is 0 Å². The summed E-state index contributed by atoms with van der Waals surface area (Å²) in [6.07, 6.45) is 3.95. The number of nitrogens with zero attached hydrogens (tertiary/aromatic N) is 1. The molecular formula is C35H23NS. The number of pyridine rings is 1. The Balaban J connectivity index is 1.53. The number of rotatable bonds is 4. The minimum absolute atomic E-state index is 1.18. The summed E-state index contributed by atoms with van der Waals surface area (Å²) in [6.45, 7) is 0. The minimum Gasteiger partial charge on any atom is -0.264 e. The lowest BCUT2D eigenvalue weighted by atomic mass is 9.90. The molecule has 0 aliphatic heterocycles. The average molecular weight is 490 g/mol. The van der Waals surface area contributed by atoms with E-state index in [2.05, 4.69) is 132 Å². The van der Waals surface area contributed by atoms with Gasteiger partial charge in [-0.2, -0.15) is 0 Å². The van der Waals surface area contributed by atoms with Crippen molar-refractivity contribution in [1.82, 2.24) is 4.98 Å². The van der Waals surface area contributed by atoms with Crippen molar-refractivity contribution >= 4 is 44.1 Å². The van der Waals surface area contributed by atoms with Gasteiger partial charge in [0.25, 0.3) is 0 Å². The maximum atomic E-state index is 4.59. The molecule has 1 aromatic heterocycles. The van der Waals surface area contributed by atoms with Crippen LogP contribution in [0.15, 0.2) is 150 Å². The molecule has 1 nitrogen and oxygen atoms in total. The number of benzene rings is 6. The SMILES string of the molecule is c1ccc(-c2ccccc2Sc2c3ccccc3c(-c3cccc4ccccc34)c3cnccc23)cc1. The van der Waals surface area contributed by atoms with Crippen LogP contribution in [-0.2, 0) is 0 Å². The van der Waals surface area contributed by atoms with Crippen LogP contribution in [0.25, 0.3) is 54.6 Å². The van der Waals surface area contributed by atoms with Gasteiger partial charge in [-0.1, -0.05) is 127 Å². The van der Waals surface area contributed by atoms with Crippen molar-refractivity contribution in [2.24, 2.45) is 0 Å². The summed E-state index contributed by atoms with van der Waals surface area (Å²) in [6, 6.07) is 45.5. The molecule has 0 unspecified atom stereocenters. The topological polar surface area (TPSA) is 12.9 Å². The molecule has 0 fully saturated rings. The van der Waals surface area contributed by atoms with Crippen LogP contribution in [-0.4, -0.2) is 4.98 Å². The zero-order chi connectivity index (χ0) is 24.6. The van der Waals surface area contributed by atoms with Crippen LogP contribution in [0.1, 0.15) is 0 Å². The molecule has 0 atom stereocenters. The van der Waals surface area contributed by atoms with E-state index in [4.69, 9.17) is 0 Å². The minimum atomic E-state index is 1.18. The maximum absolute atomic E-state index is 4.59. The van der Waals surface area contributed by atoms with Gasteiger partial charge in [0.1, 0.15) is 0 Å². The Morgan fingerprint density at radius 1 is 0.459 bits per heavy atom. The molecule has 0 aliphatic rings. The maximum Gasteiger partial charge on any atom is 0.0353 e. The lowest BCUT2D eigenvalue weighted by Crippen LogP contribution is -1.91. The second-order valence-electron chi connectivity index (χ2n) is 9.16. The molecule has 0 saturated heterocycles. The normalized spacial score (nSPS) is 11.4. The van der Waals surface area contributed by atoms with Gasteiger partial charge in [-0.3, -0.25) is 4.98 Å². The van der Waals surface area contributed by atoms with Crippen LogP contribution in [0.3, 0.4) is 0 Å². The summed E-state index contributed by atoms with van der Waals surface area (Å²) in [5.41, 5.74) is 4.97. The molecule has 0 aliphatic carbocycles. The van der Waals surface area contributed by atoms with Crippen molar-refractivity contribution in [3.05, 3.63) is 140 Å². The molecule has 7 rings (SSSR count). The van der Waals surface area contributed by atoms with E-state index in [1.54, 1.807) is 0 Å². The molecule has 0 N–H and O–H groups in total. The lowest BCUT2D eigenvalue weighted by Gasteiger charge is -2.18. The van der Waals surface area contributed by atoms with E-state index < -0.39 is 0 Å². The molecule has 174 valence electrons. The standard InChI is InChI=1S/C35H23NS/c1-2-11-25(12-3-1)27-16-8-9-20-33(27)37-35-30-18-7-6-17-29(30)34(32-23-36-22-21-31(32)35)28-19-10-14-24-13-4-5-15-26(24)28/h1-23H. The van der Waals surface area contributed by atoms with Gasteiger partial charge in [0, 0.05) is 27.6 Å². The van der Waals surface area contributed by atoms with E-state index in [1.807, 2.05) is 24.2 Å². The van der Waals surface area contributed by atoms with E-state index in [-0.39, 0.29) is 0 Å². The van der Waals surface area contributed by atoms with Crippen LogP contribution in [0, 0.1) is 0 Å². The van der Waals surface area contributed by atoms with Gasteiger partial charge < -0.3 is 0 Å². The first kappa shape index (κ1) is 21.8. The molecule has 2 heteroatoms. The Labute approximate surface area is 220 Å². The van der Waals surface area contributed by atoms with E-state index >= 15 is 0 Å². The molecule has 6 aromatic carbocycles. The van der Waals surface area contributed by atoms with Gasteiger partial charge in [0.05, 0.1) is 0 Å². The molecule has 7 aromatic rings. The summed E-state index contributed by atoms with van der Waals surface area (Å²) < 4.78 is 0. The number of aromatic nitrogens is 1. The Hall–Kier alpha value is -4.40. The monoisotopic (exact) mass is 489 g/mol. The summed E-state index contributed by atoms with van der Waals surface area (Å²) in [7, 11) is 0. The van der Waals surface area contributed by atoms with E-state index in [0.29, 0.717) is 0 Å². The number of fused-ring (bicyclic) bond motifs is 3. The quantitative estimate of drug-likeness (QED) is 0.228. The fourth-order valence-corrected chi connectivity index (χ4v) is 6.58. The van der Waals surface area contributed by atoms with Crippen molar-refractivity contribution in [2.75, 3.05) is 0 Å². The highest BCUT2D eigenvalue weighted by Gasteiger charge is 2.18. The van der Waals surface area contributed by atoms with Crippen molar-refractivity contribution in [3.63, 3.8) is 0 Å². The van der Waals surface area contributed by atoms with Gasteiger partial charge in [-0.25, -0.2) is 0 Å². The third kappa shape index (κ3) is 3.78. The fraction of sp³-hybridized carbons (Fsp3) is 0. The van der Waals surface area contributed by atoms with Crippen LogP contribution in [0.5, 0.6) is 0 Å². The Morgan fingerprint density at radius 2 is 1.11 bits per heavy atom. The molecule has 0 bridgehead atoms. The van der Waals surface area contributed by atoms with Gasteiger partial charge in [-0.15, -0.1) is 0 Å². The predicted octanol–water partition coefficient (Wildman–Crippen LogP) is 10.0. The third-order valence-corrected chi connectivity index (χ3v) is 8.24. The van der Waals surface area contributed by atoms with Crippen molar-refractivity contribution < 1.29 is 0 Å². The average Bonchev–Trinajstić information content (AvgIpc) is 2.98. The Bertz CT molecular complexity index is 1840. The molecule has 0 amide bonds. The Morgan fingerprint density at radius 3 is 2.00 bits per heavy atom.